The number of nitrogens with zero attached hydrogens (tertiary/aromatic N) is 1. The highest BCUT2D eigenvalue weighted by atomic mass is 35.5. The lowest BCUT2D eigenvalue weighted by atomic mass is 10.0. The summed E-state index contributed by atoms with van der Waals surface area (Å²) in [5.41, 5.74) is 0. The van der Waals surface area contributed by atoms with Crippen molar-refractivity contribution in [1.29, 1.82) is 0 Å². The molecule has 1 aliphatic heterocycles. The van der Waals surface area contributed by atoms with Gasteiger partial charge in [-0.1, -0.05) is 12.1 Å². The van der Waals surface area contributed by atoms with Gasteiger partial charge in [0.2, 0.25) is 15.9 Å². The third kappa shape index (κ3) is 4.89. The monoisotopic (exact) mass is 379 g/mol. The van der Waals surface area contributed by atoms with Crippen LogP contribution in [0.3, 0.4) is 0 Å². The number of halogens is 2. The van der Waals surface area contributed by atoms with Crippen LogP contribution >= 0.6 is 12.4 Å². The van der Waals surface area contributed by atoms with Crippen LogP contribution in [0.2, 0.25) is 0 Å². The molecule has 0 aliphatic carbocycles. The van der Waals surface area contributed by atoms with E-state index in [0.29, 0.717) is 0 Å². The van der Waals surface area contributed by atoms with E-state index in [1.807, 2.05) is 0 Å². The van der Waals surface area contributed by atoms with E-state index in [9.17, 15) is 17.6 Å². The molecule has 2 N–H and O–H groups in total. The van der Waals surface area contributed by atoms with E-state index in [0.717, 1.165) is 32.0 Å². The van der Waals surface area contributed by atoms with Crippen molar-refractivity contribution in [3.63, 3.8) is 0 Å². The maximum atomic E-state index is 13.7. The summed E-state index contributed by atoms with van der Waals surface area (Å²) >= 11 is 0. The number of piperidine rings is 1. The maximum Gasteiger partial charge on any atom is 0.244 e. The molecular weight excluding hydrogens is 357 g/mol. The molecule has 9 heteroatoms. The number of carbonyl (C=O) groups is 1. The Morgan fingerprint density at radius 1 is 1.33 bits per heavy atom. The highest BCUT2D eigenvalue weighted by molar-refractivity contribution is 7.89. The molecule has 1 amide bonds. The van der Waals surface area contributed by atoms with E-state index in [-0.39, 0.29) is 24.4 Å². The molecule has 1 saturated heterocycles. The SMILES string of the molecule is CC(NS(=O)(=O)c1ccccc1F)C(=O)N(C)C1CCNCC1.Cl. The normalized spacial score (nSPS) is 17.0. The Morgan fingerprint density at radius 3 is 2.50 bits per heavy atom. The second-order valence-corrected chi connectivity index (χ2v) is 7.39. The lowest BCUT2D eigenvalue weighted by Gasteiger charge is -2.33. The number of amides is 1. The number of carbonyl (C=O) groups excluding carboxylic acids is 1. The zero-order valence-corrected chi connectivity index (χ0v) is 15.3. The number of hydrogen-bond donors (Lipinski definition) is 2. The van der Waals surface area contributed by atoms with Crippen LogP contribution < -0.4 is 10.0 Å². The smallest absolute Gasteiger partial charge is 0.244 e. The molecule has 0 radical (unpaired) electrons. The molecule has 1 aliphatic rings. The predicted molar refractivity (Wildman–Crippen MR) is 92.1 cm³/mol. The Bertz CT molecular complexity index is 666. The minimum Gasteiger partial charge on any atom is -0.341 e. The van der Waals surface area contributed by atoms with Crippen molar-refractivity contribution in [2.24, 2.45) is 0 Å². The van der Waals surface area contributed by atoms with Gasteiger partial charge in [0.05, 0.1) is 6.04 Å². The summed E-state index contributed by atoms with van der Waals surface area (Å²) in [6.07, 6.45) is 1.66. The highest BCUT2D eigenvalue weighted by Gasteiger charge is 2.29. The maximum absolute atomic E-state index is 13.7. The van der Waals surface area contributed by atoms with Crippen LogP contribution in [0, 0.1) is 5.82 Å². The van der Waals surface area contributed by atoms with Crippen molar-refractivity contribution < 1.29 is 17.6 Å². The fourth-order valence-corrected chi connectivity index (χ4v) is 3.96. The molecule has 0 spiro atoms. The number of likely N-dealkylation sites (N-methyl/N-ethyl adjacent to an activating group) is 1. The minimum atomic E-state index is -4.08. The Morgan fingerprint density at radius 2 is 1.92 bits per heavy atom. The minimum absolute atomic E-state index is 0. The van der Waals surface area contributed by atoms with Gasteiger partial charge in [-0.2, -0.15) is 4.72 Å². The van der Waals surface area contributed by atoms with Crippen molar-refractivity contribution in [2.75, 3.05) is 20.1 Å². The van der Waals surface area contributed by atoms with E-state index >= 15 is 0 Å². The molecule has 0 aromatic heterocycles. The first-order chi connectivity index (χ1) is 10.8. The quantitative estimate of drug-likeness (QED) is 0.803. The van der Waals surface area contributed by atoms with Gasteiger partial charge in [0, 0.05) is 13.1 Å². The predicted octanol–water partition coefficient (Wildman–Crippen LogP) is 1.12. The van der Waals surface area contributed by atoms with Crippen molar-refractivity contribution >= 4 is 28.3 Å². The molecule has 0 bridgehead atoms. The standard InChI is InChI=1S/C15H22FN3O3S.ClH/c1-11(15(20)19(2)12-7-9-17-10-8-12)18-23(21,22)14-6-4-3-5-13(14)16;/h3-6,11-12,17-18H,7-10H2,1-2H3;1H. The van der Waals surface area contributed by atoms with Gasteiger partial charge < -0.3 is 10.2 Å². The van der Waals surface area contributed by atoms with E-state index in [1.165, 1.54) is 25.1 Å². The number of benzene rings is 1. The first kappa shape index (κ1) is 20.8. The van der Waals surface area contributed by atoms with Crippen molar-refractivity contribution in [1.82, 2.24) is 14.9 Å². The number of rotatable bonds is 5. The van der Waals surface area contributed by atoms with E-state index in [4.69, 9.17) is 0 Å². The fraction of sp³-hybridized carbons (Fsp3) is 0.533. The molecule has 1 atom stereocenters. The van der Waals surface area contributed by atoms with Crippen LogP contribution in [0.25, 0.3) is 0 Å². The Balaban J connectivity index is 0.00000288. The molecule has 1 aromatic carbocycles. The number of hydrogen-bond acceptors (Lipinski definition) is 4. The van der Waals surface area contributed by atoms with Gasteiger partial charge >= 0.3 is 0 Å². The molecule has 1 heterocycles. The van der Waals surface area contributed by atoms with E-state index in [1.54, 1.807) is 11.9 Å². The Hall–Kier alpha value is -1.22. The van der Waals surface area contributed by atoms with Crippen LogP contribution in [-0.4, -0.2) is 51.4 Å². The summed E-state index contributed by atoms with van der Waals surface area (Å²) < 4.78 is 40.4. The fourth-order valence-electron chi connectivity index (χ4n) is 2.69. The van der Waals surface area contributed by atoms with Crippen molar-refractivity contribution in [2.45, 2.75) is 36.7 Å². The molecule has 1 unspecified atom stereocenters. The van der Waals surface area contributed by atoms with Gasteiger partial charge in [0.1, 0.15) is 10.7 Å². The summed E-state index contributed by atoms with van der Waals surface area (Å²) in [7, 11) is -2.41. The molecule has 6 nitrogen and oxygen atoms in total. The topological polar surface area (TPSA) is 78.5 Å². The zero-order valence-electron chi connectivity index (χ0n) is 13.7. The number of sulfonamides is 1. The first-order valence-electron chi connectivity index (χ1n) is 7.57. The molecule has 136 valence electrons. The van der Waals surface area contributed by atoms with Gasteiger partial charge in [-0.15, -0.1) is 12.4 Å². The summed E-state index contributed by atoms with van der Waals surface area (Å²) in [6, 6.07) is 4.22. The van der Waals surface area contributed by atoms with Crippen molar-refractivity contribution in [3.05, 3.63) is 30.1 Å². The van der Waals surface area contributed by atoms with E-state index in [2.05, 4.69) is 10.0 Å². The molecule has 2 rings (SSSR count). The zero-order chi connectivity index (χ0) is 17.0. The largest absolute Gasteiger partial charge is 0.341 e. The van der Waals surface area contributed by atoms with E-state index < -0.39 is 26.8 Å². The molecule has 0 saturated carbocycles. The molecule has 1 aromatic rings. The summed E-state index contributed by atoms with van der Waals surface area (Å²) in [5.74, 6) is -1.16. The van der Waals surface area contributed by atoms with Gasteiger partial charge in [0.25, 0.3) is 0 Å². The molecule has 1 fully saturated rings. The third-order valence-corrected chi connectivity index (χ3v) is 5.61. The lowest BCUT2D eigenvalue weighted by Crippen LogP contribution is -2.51. The summed E-state index contributed by atoms with van der Waals surface area (Å²) in [6.45, 7) is 3.13. The average Bonchev–Trinajstić information content (AvgIpc) is 2.54. The van der Waals surface area contributed by atoms with Crippen LogP contribution in [0.1, 0.15) is 19.8 Å². The first-order valence-corrected chi connectivity index (χ1v) is 9.05. The second-order valence-electron chi connectivity index (χ2n) is 5.70. The van der Waals surface area contributed by atoms with Crippen molar-refractivity contribution in [3.8, 4) is 0 Å². The third-order valence-electron chi connectivity index (χ3n) is 4.03. The van der Waals surface area contributed by atoms with Crippen LogP contribution in [0.5, 0.6) is 0 Å². The Kier molecular flexibility index (Phi) is 7.59. The van der Waals surface area contributed by atoms with Gasteiger partial charge in [-0.05, 0) is 45.0 Å². The summed E-state index contributed by atoms with van der Waals surface area (Å²) in [4.78, 5) is 13.5. The lowest BCUT2D eigenvalue weighted by molar-refractivity contribution is -0.133. The van der Waals surface area contributed by atoms with Crippen LogP contribution in [0.15, 0.2) is 29.2 Å². The van der Waals surface area contributed by atoms with Gasteiger partial charge in [0.15, 0.2) is 0 Å². The highest BCUT2D eigenvalue weighted by Crippen LogP contribution is 2.15. The van der Waals surface area contributed by atoms with Gasteiger partial charge in [-0.25, -0.2) is 12.8 Å². The Labute approximate surface area is 148 Å². The summed E-state index contributed by atoms with van der Waals surface area (Å²) in [5, 5.41) is 3.21. The van der Waals surface area contributed by atoms with Gasteiger partial charge in [-0.3, -0.25) is 4.79 Å². The second kappa shape index (κ2) is 8.75. The number of nitrogens with one attached hydrogen (secondary N) is 2. The molecular formula is C15H23ClFN3O3S. The average molecular weight is 380 g/mol. The van der Waals surface area contributed by atoms with Crippen LogP contribution in [-0.2, 0) is 14.8 Å². The van der Waals surface area contributed by atoms with Crippen LogP contribution in [0.4, 0.5) is 4.39 Å². The molecule has 24 heavy (non-hydrogen) atoms.